The van der Waals surface area contributed by atoms with Gasteiger partial charge in [-0.1, -0.05) is 24.3 Å². The average Bonchev–Trinajstić information content (AvgIpc) is 3.54. The van der Waals surface area contributed by atoms with Crippen molar-refractivity contribution in [3.05, 3.63) is 93.9 Å². The summed E-state index contributed by atoms with van der Waals surface area (Å²) in [5.41, 5.74) is 0.455. The smallest absolute Gasteiger partial charge is 0.342 e. The molecule has 282 valence electrons. The molecule has 1 fully saturated rings. The first kappa shape index (κ1) is 36.7. The largest absolute Gasteiger partial charge is 0.465 e. The van der Waals surface area contributed by atoms with Gasteiger partial charge in [0.15, 0.2) is 6.10 Å². The molecule has 0 aliphatic carbocycles. The van der Waals surface area contributed by atoms with Crippen LogP contribution in [0.15, 0.2) is 68.6 Å². The van der Waals surface area contributed by atoms with E-state index in [4.69, 9.17) is 32.5 Å². The summed E-state index contributed by atoms with van der Waals surface area (Å²) in [7, 11) is 1.26. The Balaban J connectivity index is 1.27. The van der Waals surface area contributed by atoms with Gasteiger partial charge in [-0.2, -0.15) is 0 Å². The number of carbonyl (C=O) groups is 4. The van der Waals surface area contributed by atoms with Crippen LogP contribution in [0, 0.1) is 11.8 Å². The number of furan rings is 2. The number of carbonyl (C=O) groups excluding carboxylic acids is 4. The second-order valence-electron chi connectivity index (χ2n) is 15.7. The number of hydrogen-bond acceptors (Lipinski definition) is 12. The minimum Gasteiger partial charge on any atom is -0.465 e. The first-order valence-electron chi connectivity index (χ1n) is 18.1. The maximum Gasteiger partial charge on any atom is 0.342 e. The fourth-order valence-corrected chi connectivity index (χ4v) is 8.04. The van der Waals surface area contributed by atoms with Crippen molar-refractivity contribution in [2.45, 2.75) is 115 Å². The lowest BCUT2D eigenvalue weighted by molar-refractivity contribution is -0.145. The van der Waals surface area contributed by atoms with Gasteiger partial charge >= 0.3 is 23.9 Å². The molecule has 0 aromatic carbocycles. The molecule has 12 nitrogen and oxygen atoms in total. The molecule has 0 amide bonds. The van der Waals surface area contributed by atoms with Gasteiger partial charge in [-0.25, -0.2) is 19.2 Å². The first-order chi connectivity index (χ1) is 25.0. The van der Waals surface area contributed by atoms with Crippen LogP contribution >= 0.6 is 0 Å². The fourth-order valence-electron chi connectivity index (χ4n) is 8.04. The number of methoxy groups -OCH3 is 1. The zero-order chi connectivity index (χ0) is 38.0. The SMILES string of the molecule is C=C(C)[C@H]1CCC2=C[C@@H](C[C@@](C)(O)[C@H](OC(=O)c3cc4oc3C[C@@H](C(=C)C)CCC3=C[C@@H](C[C@]5(C)O[C@@H]45)OC3=O)c3cc(C(=O)OC)c(o3)C1)OC2=O. The summed E-state index contributed by atoms with van der Waals surface area (Å²) < 4.78 is 41.4. The highest BCUT2D eigenvalue weighted by Gasteiger charge is 2.57. The highest BCUT2D eigenvalue weighted by atomic mass is 16.6. The van der Waals surface area contributed by atoms with Gasteiger partial charge in [-0.3, -0.25) is 0 Å². The molecule has 1 N–H and O–H groups in total. The molecule has 8 atom stereocenters. The van der Waals surface area contributed by atoms with E-state index in [1.165, 1.54) is 20.1 Å². The topological polar surface area (TPSA) is 164 Å². The molecule has 7 heterocycles. The molecule has 2 aromatic rings. The van der Waals surface area contributed by atoms with Gasteiger partial charge in [0.1, 0.15) is 63.7 Å². The van der Waals surface area contributed by atoms with Crippen LogP contribution in [0.4, 0.5) is 0 Å². The molecule has 1 saturated heterocycles. The monoisotopic (exact) mass is 730 g/mol. The zero-order valence-corrected chi connectivity index (χ0v) is 30.8. The minimum absolute atomic E-state index is 0.0192. The van der Waals surface area contributed by atoms with E-state index in [0.29, 0.717) is 54.8 Å². The van der Waals surface area contributed by atoms with Crippen LogP contribution in [0.5, 0.6) is 0 Å². The Hall–Kier alpha value is -4.68. The van der Waals surface area contributed by atoms with Crippen molar-refractivity contribution in [3.8, 4) is 0 Å². The van der Waals surface area contributed by atoms with Gasteiger partial charge in [0.05, 0.1) is 7.11 Å². The zero-order valence-electron chi connectivity index (χ0n) is 30.8. The molecule has 5 aliphatic rings. The number of epoxide rings is 1. The van der Waals surface area contributed by atoms with Crippen LogP contribution in [0.2, 0.25) is 0 Å². The lowest BCUT2D eigenvalue weighted by Gasteiger charge is -2.32. The predicted molar refractivity (Wildman–Crippen MR) is 187 cm³/mol. The number of ether oxygens (including phenoxy) is 5. The van der Waals surface area contributed by atoms with E-state index in [9.17, 15) is 24.3 Å². The molecule has 0 unspecified atom stereocenters. The van der Waals surface area contributed by atoms with Gasteiger partial charge in [-0.15, -0.1) is 0 Å². The predicted octanol–water partition coefficient (Wildman–Crippen LogP) is 6.68. The number of hydrogen-bond donors (Lipinski definition) is 1. The standard InChI is InChI=1S/C41H46O12/c1-20(2)22-8-10-24-12-26(48-36(24)42)18-40(5,46)34(32-16-28(38(44)47-7)30(14-22)50-32)52-39(45)29-17-33-35-41(6,53-35)19-27-13-25(37(43)49-27)11-9-23(21(3)4)15-31(29)51-33/h12-13,16-17,22-23,26-27,34-35,46H,1,3,8-11,14-15,18-19H2,2,4-7H3/t22-,23-,26-,27-,34+,35-,40+,41-/m0/s1. The van der Waals surface area contributed by atoms with Crippen LogP contribution < -0.4 is 0 Å². The maximum atomic E-state index is 14.4. The van der Waals surface area contributed by atoms with E-state index in [-0.39, 0.29) is 59.7 Å². The molecular formula is C41H46O12. The molecule has 0 spiro atoms. The van der Waals surface area contributed by atoms with Crippen LogP contribution in [-0.4, -0.2) is 59.5 Å². The number of allylic oxidation sites excluding steroid dienone is 2. The average molecular weight is 731 g/mol. The van der Waals surface area contributed by atoms with E-state index in [1.54, 1.807) is 12.1 Å². The van der Waals surface area contributed by atoms with E-state index >= 15 is 0 Å². The summed E-state index contributed by atoms with van der Waals surface area (Å²) in [5.74, 6) is -1.54. The van der Waals surface area contributed by atoms with Gasteiger partial charge in [0, 0.05) is 36.8 Å². The van der Waals surface area contributed by atoms with Crippen LogP contribution in [0.1, 0.15) is 122 Å². The molecule has 7 rings (SSSR count). The summed E-state index contributed by atoms with van der Waals surface area (Å²) in [5, 5.41) is 12.1. The van der Waals surface area contributed by atoms with Crippen molar-refractivity contribution in [2.24, 2.45) is 11.8 Å². The van der Waals surface area contributed by atoms with E-state index in [2.05, 4.69) is 13.2 Å². The first-order valence-corrected chi connectivity index (χ1v) is 18.1. The second kappa shape index (κ2) is 13.6. The van der Waals surface area contributed by atoms with Gasteiger partial charge in [0.2, 0.25) is 0 Å². The Morgan fingerprint density at radius 2 is 1.32 bits per heavy atom. The number of aliphatic hydroxyl groups is 1. The molecule has 8 bridgehead atoms. The molecular weight excluding hydrogens is 684 g/mol. The third-order valence-electron chi connectivity index (χ3n) is 11.3. The summed E-state index contributed by atoms with van der Waals surface area (Å²) in [4.78, 5) is 53.0. The normalized spacial score (nSPS) is 32.3. The Morgan fingerprint density at radius 1 is 0.811 bits per heavy atom. The fraction of sp³-hybridized carbons (Fsp3) is 0.512. The number of fused-ring (bicyclic) bond motifs is 8. The van der Waals surface area contributed by atoms with Crippen molar-refractivity contribution < 1.29 is 56.8 Å². The molecule has 53 heavy (non-hydrogen) atoms. The number of esters is 4. The Morgan fingerprint density at radius 3 is 1.87 bits per heavy atom. The summed E-state index contributed by atoms with van der Waals surface area (Å²) in [6.07, 6.45) is 3.13. The Bertz CT molecular complexity index is 1950. The van der Waals surface area contributed by atoms with Gasteiger partial charge in [-0.05, 0) is 89.5 Å². The molecule has 5 aliphatic heterocycles. The molecule has 12 heteroatoms. The molecule has 0 saturated carbocycles. The summed E-state index contributed by atoms with van der Waals surface area (Å²) >= 11 is 0. The van der Waals surface area contributed by atoms with Crippen LogP contribution in [-0.2, 0) is 46.1 Å². The van der Waals surface area contributed by atoms with Crippen molar-refractivity contribution >= 4 is 23.9 Å². The van der Waals surface area contributed by atoms with Crippen LogP contribution in [0.25, 0.3) is 0 Å². The third-order valence-corrected chi connectivity index (χ3v) is 11.3. The lowest BCUT2D eigenvalue weighted by atomic mass is 9.87. The maximum absolute atomic E-state index is 14.4. The Kier molecular flexibility index (Phi) is 9.43. The third kappa shape index (κ3) is 7.18. The molecule has 0 radical (unpaired) electrons. The Labute approximate surface area is 307 Å². The second-order valence-corrected chi connectivity index (χ2v) is 15.7. The highest BCUT2D eigenvalue weighted by Crippen LogP contribution is 2.54. The van der Waals surface area contributed by atoms with Gasteiger partial charge in [0.25, 0.3) is 0 Å². The summed E-state index contributed by atoms with van der Waals surface area (Å²) in [6.45, 7) is 15.4. The van der Waals surface area contributed by atoms with Crippen molar-refractivity contribution in [3.63, 3.8) is 0 Å². The minimum atomic E-state index is -1.86. The number of rotatable bonds is 5. The van der Waals surface area contributed by atoms with Crippen molar-refractivity contribution in [1.29, 1.82) is 0 Å². The van der Waals surface area contributed by atoms with E-state index in [0.717, 1.165) is 11.1 Å². The van der Waals surface area contributed by atoms with E-state index in [1.807, 2.05) is 26.8 Å². The van der Waals surface area contributed by atoms with Crippen LogP contribution in [0.3, 0.4) is 0 Å². The molecule has 2 aromatic heterocycles. The van der Waals surface area contributed by atoms with Crippen molar-refractivity contribution in [2.75, 3.05) is 7.11 Å². The van der Waals surface area contributed by atoms with E-state index < -0.39 is 53.5 Å². The van der Waals surface area contributed by atoms with Gasteiger partial charge < -0.3 is 37.6 Å². The van der Waals surface area contributed by atoms with Crippen molar-refractivity contribution in [1.82, 2.24) is 0 Å². The summed E-state index contributed by atoms with van der Waals surface area (Å²) in [6, 6.07) is 3.04. The quantitative estimate of drug-likeness (QED) is 0.150. The lowest BCUT2D eigenvalue weighted by Crippen LogP contribution is -2.39. The highest BCUT2D eigenvalue weighted by molar-refractivity contribution is 5.93.